The van der Waals surface area contributed by atoms with Gasteiger partial charge in [-0.3, -0.25) is 0 Å². The molecule has 2 rings (SSSR count). The smallest absolute Gasteiger partial charge is 0.0366 e. The predicted molar refractivity (Wildman–Crippen MR) is 97.4 cm³/mol. The Morgan fingerprint density at radius 2 is 1.59 bits per heavy atom. The molecular weight excluding hydrogens is 268 g/mol. The monoisotopic (exact) mass is 296 g/mol. The molecule has 0 aliphatic carbocycles. The number of hydrogen-bond donors (Lipinski definition) is 1. The van der Waals surface area contributed by atoms with Crippen LogP contribution in [0.4, 0.5) is 11.4 Å². The lowest BCUT2D eigenvalue weighted by Crippen LogP contribution is -2.26. The van der Waals surface area contributed by atoms with Crippen molar-refractivity contribution < 1.29 is 0 Å². The summed E-state index contributed by atoms with van der Waals surface area (Å²) in [5.41, 5.74) is 9.37. The lowest BCUT2D eigenvalue weighted by atomic mass is 9.93. The van der Waals surface area contributed by atoms with E-state index < -0.39 is 0 Å². The Morgan fingerprint density at radius 1 is 0.909 bits per heavy atom. The second kappa shape index (κ2) is 8.47. The van der Waals surface area contributed by atoms with Crippen LogP contribution in [0, 0.1) is 0 Å². The Labute approximate surface area is 135 Å². The van der Waals surface area contributed by atoms with Crippen LogP contribution in [0.3, 0.4) is 0 Å². The molecular formula is C20H28N2. The predicted octanol–water partition coefficient (Wildman–Crippen LogP) is 5.07. The maximum Gasteiger partial charge on any atom is 0.0366 e. The summed E-state index contributed by atoms with van der Waals surface area (Å²) in [4.78, 5) is 2.50. The highest BCUT2D eigenvalue weighted by Crippen LogP contribution is 2.25. The first kappa shape index (κ1) is 16.4. The van der Waals surface area contributed by atoms with Gasteiger partial charge in [-0.05, 0) is 55.0 Å². The first-order valence-corrected chi connectivity index (χ1v) is 8.40. The van der Waals surface area contributed by atoms with E-state index in [1.165, 1.54) is 30.5 Å². The molecule has 0 heterocycles. The van der Waals surface area contributed by atoms with Crippen LogP contribution in [0.5, 0.6) is 0 Å². The first-order chi connectivity index (χ1) is 10.7. The topological polar surface area (TPSA) is 29.3 Å². The van der Waals surface area contributed by atoms with Crippen molar-refractivity contribution in [1.29, 1.82) is 0 Å². The molecule has 2 heteroatoms. The molecule has 2 N–H and O–H groups in total. The van der Waals surface area contributed by atoms with Gasteiger partial charge in [-0.2, -0.15) is 0 Å². The zero-order valence-electron chi connectivity index (χ0n) is 13.8. The molecule has 0 spiro atoms. The third kappa shape index (κ3) is 4.52. The van der Waals surface area contributed by atoms with Crippen molar-refractivity contribution in [3.8, 4) is 0 Å². The largest absolute Gasteiger partial charge is 0.399 e. The average molecular weight is 296 g/mol. The summed E-state index contributed by atoms with van der Waals surface area (Å²) in [5, 5.41) is 0. The first-order valence-electron chi connectivity index (χ1n) is 8.40. The average Bonchev–Trinajstić information content (AvgIpc) is 2.56. The molecule has 22 heavy (non-hydrogen) atoms. The zero-order valence-corrected chi connectivity index (χ0v) is 13.8. The fraction of sp³-hybridized carbons (Fsp3) is 0.400. The zero-order chi connectivity index (χ0) is 15.8. The third-order valence-corrected chi connectivity index (χ3v) is 4.26. The number of anilines is 2. The van der Waals surface area contributed by atoms with Gasteiger partial charge in [0.15, 0.2) is 0 Å². The van der Waals surface area contributed by atoms with Gasteiger partial charge < -0.3 is 10.6 Å². The highest BCUT2D eigenvalue weighted by Gasteiger charge is 2.12. The summed E-state index contributed by atoms with van der Waals surface area (Å²) in [6.45, 7) is 6.73. The molecule has 2 aromatic rings. The third-order valence-electron chi connectivity index (χ3n) is 4.26. The van der Waals surface area contributed by atoms with E-state index in [0.717, 1.165) is 18.8 Å². The molecule has 0 aliphatic rings. The minimum Gasteiger partial charge on any atom is -0.399 e. The Morgan fingerprint density at radius 3 is 2.18 bits per heavy atom. The van der Waals surface area contributed by atoms with Gasteiger partial charge in [0, 0.05) is 24.5 Å². The van der Waals surface area contributed by atoms with Crippen molar-refractivity contribution >= 4 is 11.4 Å². The molecule has 118 valence electrons. The Balaban J connectivity index is 2.02. The van der Waals surface area contributed by atoms with Crippen molar-refractivity contribution in [3.05, 3.63) is 60.2 Å². The molecule has 1 atom stereocenters. The van der Waals surface area contributed by atoms with Crippen LogP contribution in [-0.2, 0) is 0 Å². The van der Waals surface area contributed by atoms with Gasteiger partial charge in [-0.15, -0.1) is 0 Å². The van der Waals surface area contributed by atoms with Crippen molar-refractivity contribution in [2.75, 3.05) is 23.7 Å². The van der Waals surface area contributed by atoms with Crippen molar-refractivity contribution in [2.45, 2.75) is 39.0 Å². The maximum absolute atomic E-state index is 5.80. The van der Waals surface area contributed by atoms with Gasteiger partial charge in [-0.1, -0.05) is 44.2 Å². The number of nitrogens with zero attached hydrogens (tertiary/aromatic N) is 1. The summed E-state index contributed by atoms with van der Waals surface area (Å²) >= 11 is 0. The van der Waals surface area contributed by atoms with Gasteiger partial charge in [0.1, 0.15) is 0 Å². The molecule has 2 nitrogen and oxygen atoms in total. The van der Waals surface area contributed by atoms with E-state index in [0.29, 0.717) is 5.92 Å². The fourth-order valence-electron chi connectivity index (χ4n) is 2.97. The number of para-hydroxylation sites is 1. The molecule has 0 saturated carbocycles. The second-order valence-corrected chi connectivity index (χ2v) is 5.88. The SMILES string of the molecule is CCCN(CCC(CC)c1ccc(N)cc1)c1ccccc1. The van der Waals surface area contributed by atoms with Crippen molar-refractivity contribution in [1.82, 2.24) is 0 Å². The van der Waals surface area contributed by atoms with Crippen LogP contribution in [0.25, 0.3) is 0 Å². The summed E-state index contributed by atoms with van der Waals surface area (Å²) in [5.74, 6) is 0.601. The van der Waals surface area contributed by atoms with Crippen LogP contribution in [0.1, 0.15) is 44.6 Å². The van der Waals surface area contributed by atoms with Crippen LogP contribution in [0.15, 0.2) is 54.6 Å². The summed E-state index contributed by atoms with van der Waals surface area (Å²) < 4.78 is 0. The van der Waals surface area contributed by atoms with Crippen molar-refractivity contribution in [2.24, 2.45) is 0 Å². The molecule has 0 fully saturated rings. The van der Waals surface area contributed by atoms with E-state index in [9.17, 15) is 0 Å². The number of rotatable bonds is 8. The summed E-state index contributed by atoms with van der Waals surface area (Å²) in [7, 11) is 0. The fourth-order valence-corrected chi connectivity index (χ4v) is 2.97. The Bertz CT molecular complexity index is 533. The van der Waals surface area contributed by atoms with E-state index in [-0.39, 0.29) is 0 Å². The highest BCUT2D eigenvalue weighted by atomic mass is 15.1. The lowest BCUT2D eigenvalue weighted by molar-refractivity contribution is 0.588. The van der Waals surface area contributed by atoms with E-state index in [2.05, 4.69) is 61.2 Å². The number of hydrogen-bond acceptors (Lipinski definition) is 2. The van der Waals surface area contributed by atoms with Crippen LogP contribution in [0.2, 0.25) is 0 Å². The Hall–Kier alpha value is -1.96. The number of nitrogen functional groups attached to an aromatic ring is 1. The summed E-state index contributed by atoms with van der Waals surface area (Å²) in [6, 6.07) is 19.1. The van der Waals surface area contributed by atoms with Crippen LogP contribution in [-0.4, -0.2) is 13.1 Å². The van der Waals surface area contributed by atoms with E-state index in [1.807, 2.05) is 12.1 Å². The van der Waals surface area contributed by atoms with Gasteiger partial charge >= 0.3 is 0 Å². The molecule has 1 unspecified atom stereocenters. The van der Waals surface area contributed by atoms with E-state index in [4.69, 9.17) is 5.73 Å². The van der Waals surface area contributed by atoms with Gasteiger partial charge in [0.25, 0.3) is 0 Å². The quantitative estimate of drug-likeness (QED) is 0.689. The van der Waals surface area contributed by atoms with Gasteiger partial charge in [0.05, 0.1) is 0 Å². The minimum absolute atomic E-state index is 0.601. The van der Waals surface area contributed by atoms with E-state index in [1.54, 1.807) is 0 Å². The van der Waals surface area contributed by atoms with Crippen LogP contribution < -0.4 is 10.6 Å². The lowest BCUT2D eigenvalue weighted by Gasteiger charge is -2.27. The van der Waals surface area contributed by atoms with E-state index >= 15 is 0 Å². The maximum atomic E-state index is 5.80. The number of nitrogens with two attached hydrogens (primary N) is 1. The molecule has 0 aromatic heterocycles. The molecule has 0 saturated heterocycles. The molecule has 2 aromatic carbocycles. The van der Waals surface area contributed by atoms with Crippen LogP contribution >= 0.6 is 0 Å². The van der Waals surface area contributed by atoms with Gasteiger partial charge in [0.2, 0.25) is 0 Å². The standard InChI is InChI=1S/C20H28N2/c1-3-15-22(20-8-6-5-7-9-20)16-14-17(4-2)18-10-12-19(21)13-11-18/h5-13,17H,3-4,14-16,21H2,1-2H3. The van der Waals surface area contributed by atoms with Crippen molar-refractivity contribution in [3.63, 3.8) is 0 Å². The molecule has 0 bridgehead atoms. The van der Waals surface area contributed by atoms with Gasteiger partial charge in [-0.25, -0.2) is 0 Å². The number of benzene rings is 2. The normalized spacial score (nSPS) is 12.1. The molecule has 0 radical (unpaired) electrons. The summed E-state index contributed by atoms with van der Waals surface area (Å²) in [6.07, 6.45) is 3.52. The Kier molecular flexibility index (Phi) is 6.32. The molecule has 0 amide bonds. The minimum atomic E-state index is 0.601. The highest BCUT2D eigenvalue weighted by molar-refractivity contribution is 5.46. The second-order valence-electron chi connectivity index (χ2n) is 5.88. The molecule has 0 aliphatic heterocycles.